The number of rotatable bonds is 5. The number of carboxylic acids is 1. The van der Waals surface area contributed by atoms with Crippen LogP contribution < -0.4 is 11.0 Å². The molecule has 0 saturated heterocycles. The maximum atomic E-state index is 12.1. The summed E-state index contributed by atoms with van der Waals surface area (Å²) in [5.74, 6) is -1.76. The van der Waals surface area contributed by atoms with Crippen molar-refractivity contribution in [3.63, 3.8) is 0 Å². The van der Waals surface area contributed by atoms with Gasteiger partial charge < -0.3 is 10.4 Å². The van der Waals surface area contributed by atoms with Crippen molar-refractivity contribution < 1.29 is 14.7 Å². The fourth-order valence-electron chi connectivity index (χ4n) is 2.23. The highest BCUT2D eigenvalue weighted by molar-refractivity contribution is 5.84. The van der Waals surface area contributed by atoms with Gasteiger partial charge >= 0.3 is 11.7 Å². The highest BCUT2D eigenvalue weighted by Crippen LogP contribution is 2.20. The molecule has 2 aromatic rings. The van der Waals surface area contributed by atoms with Crippen molar-refractivity contribution in [3.8, 4) is 0 Å². The van der Waals surface area contributed by atoms with Crippen LogP contribution in [0.5, 0.6) is 0 Å². The van der Waals surface area contributed by atoms with Crippen molar-refractivity contribution >= 4 is 11.9 Å². The number of aryl methyl sites for hydroxylation is 2. The predicted octanol–water partition coefficient (Wildman–Crippen LogP) is 0.141. The Hall–Kier alpha value is -2.90. The van der Waals surface area contributed by atoms with Gasteiger partial charge in [0.1, 0.15) is 12.9 Å². The molecule has 1 aromatic carbocycles. The summed E-state index contributed by atoms with van der Waals surface area (Å²) in [4.78, 5) is 35.3. The van der Waals surface area contributed by atoms with Crippen LogP contribution >= 0.6 is 0 Å². The number of benzene rings is 1. The van der Waals surface area contributed by atoms with E-state index in [9.17, 15) is 19.5 Å². The molecule has 0 bridgehead atoms. The molecule has 0 saturated carbocycles. The number of aromatic nitrogens is 3. The van der Waals surface area contributed by atoms with Gasteiger partial charge in [-0.3, -0.25) is 9.36 Å². The first-order chi connectivity index (χ1) is 10.8. The number of nitrogens with zero attached hydrogens (tertiary/aromatic N) is 3. The Kier molecular flexibility index (Phi) is 4.63. The predicted molar refractivity (Wildman–Crippen MR) is 81.9 cm³/mol. The van der Waals surface area contributed by atoms with Crippen molar-refractivity contribution in [3.05, 3.63) is 51.7 Å². The molecule has 0 aliphatic rings. The average molecular weight is 318 g/mol. The lowest BCUT2D eigenvalue weighted by Crippen LogP contribution is -2.38. The monoisotopic (exact) mass is 318 g/mol. The van der Waals surface area contributed by atoms with Crippen molar-refractivity contribution in [2.45, 2.75) is 26.4 Å². The number of hydrogen-bond acceptors (Lipinski definition) is 4. The molecule has 0 aliphatic carbocycles. The van der Waals surface area contributed by atoms with Gasteiger partial charge in [0, 0.05) is 7.05 Å². The zero-order valence-corrected chi connectivity index (χ0v) is 13.1. The average Bonchev–Trinajstić information content (AvgIpc) is 2.80. The lowest BCUT2D eigenvalue weighted by molar-refractivity contribution is -0.142. The summed E-state index contributed by atoms with van der Waals surface area (Å²) in [6, 6.07) is 4.09. The van der Waals surface area contributed by atoms with E-state index in [4.69, 9.17) is 0 Å². The molecule has 8 heteroatoms. The van der Waals surface area contributed by atoms with Gasteiger partial charge in [0.2, 0.25) is 5.91 Å². The van der Waals surface area contributed by atoms with Gasteiger partial charge in [-0.05, 0) is 30.5 Å². The normalized spacial score (nSPS) is 12.0. The lowest BCUT2D eigenvalue weighted by Gasteiger charge is -2.18. The smallest absolute Gasteiger partial charge is 0.345 e. The molecule has 23 heavy (non-hydrogen) atoms. The maximum absolute atomic E-state index is 12.1. The van der Waals surface area contributed by atoms with Crippen LogP contribution in [0.2, 0.25) is 0 Å². The van der Waals surface area contributed by atoms with Gasteiger partial charge in [-0.15, -0.1) is 0 Å². The number of amides is 1. The van der Waals surface area contributed by atoms with Crippen LogP contribution in [-0.4, -0.2) is 31.3 Å². The minimum atomic E-state index is -1.18. The van der Waals surface area contributed by atoms with E-state index in [1.54, 1.807) is 19.1 Å². The van der Waals surface area contributed by atoms with E-state index in [0.717, 1.165) is 15.8 Å². The topological polar surface area (TPSA) is 106 Å². The summed E-state index contributed by atoms with van der Waals surface area (Å²) in [5, 5.41) is 15.6. The van der Waals surface area contributed by atoms with Gasteiger partial charge in [0.15, 0.2) is 6.04 Å². The Morgan fingerprint density at radius 3 is 2.61 bits per heavy atom. The van der Waals surface area contributed by atoms with Crippen LogP contribution in [0.25, 0.3) is 0 Å². The Labute approximate surface area is 132 Å². The molecule has 0 aliphatic heterocycles. The van der Waals surface area contributed by atoms with Crippen molar-refractivity contribution in [1.82, 2.24) is 19.7 Å². The number of carbonyl (C=O) groups is 2. The van der Waals surface area contributed by atoms with E-state index in [1.807, 2.05) is 13.0 Å². The molecular weight excluding hydrogens is 300 g/mol. The van der Waals surface area contributed by atoms with Crippen LogP contribution in [-0.2, 0) is 23.2 Å². The number of aliphatic carboxylic acids is 1. The van der Waals surface area contributed by atoms with E-state index >= 15 is 0 Å². The third-order valence-corrected chi connectivity index (χ3v) is 3.69. The largest absolute Gasteiger partial charge is 0.479 e. The number of carbonyl (C=O) groups excluding carboxylic acids is 1. The minimum absolute atomic E-state index is 0.339. The van der Waals surface area contributed by atoms with Crippen molar-refractivity contribution in [2.24, 2.45) is 7.05 Å². The fourth-order valence-corrected chi connectivity index (χ4v) is 2.23. The van der Waals surface area contributed by atoms with Crippen LogP contribution in [0.15, 0.2) is 29.3 Å². The Morgan fingerprint density at radius 2 is 2.04 bits per heavy atom. The summed E-state index contributed by atoms with van der Waals surface area (Å²) >= 11 is 0. The summed E-state index contributed by atoms with van der Waals surface area (Å²) in [6.07, 6.45) is 1.29. The lowest BCUT2D eigenvalue weighted by atomic mass is 9.97. The Balaban J connectivity index is 2.21. The number of nitrogens with one attached hydrogen (secondary N) is 1. The maximum Gasteiger partial charge on any atom is 0.345 e. The molecule has 1 amide bonds. The fraction of sp³-hybridized carbons (Fsp3) is 0.333. The molecule has 8 nitrogen and oxygen atoms in total. The van der Waals surface area contributed by atoms with Crippen LogP contribution in [0, 0.1) is 13.8 Å². The second kappa shape index (κ2) is 6.47. The molecule has 0 spiro atoms. The first-order valence-electron chi connectivity index (χ1n) is 6.98. The quantitative estimate of drug-likeness (QED) is 0.815. The van der Waals surface area contributed by atoms with Crippen LogP contribution in [0.1, 0.15) is 22.7 Å². The van der Waals surface area contributed by atoms with E-state index in [-0.39, 0.29) is 6.54 Å². The van der Waals surface area contributed by atoms with E-state index in [1.165, 1.54) is 17.9 Å². The molecule has 1 unspecified atom stereocenters. The van der Waals surface area contributed by atoms with E-state index in [2.05, 4.69) is 10.4 Å². The summed E-state index contributed by atoms with van der Waals surface area (Å²) in [6.45, 7) is 3.33. The van der Waals surface area contributed by atoms with Crippen LogP contribution in [0.3, 0.4) is 0 Å². The molecule has 2 N–H and O–H groups in total. The molecule has 0 radical (unpaired) electrons. The van der Waals surface area contributed by atoms with Crippen molar-refractivity contribution in [1.29, 1.82) is 0 Å². The van der Waals surface area contributed by atoms with Gasteiger partial charge in [-0.2, -0.15) is 5.10 Å². The van der Waals surface area contributed by atoms with Gasteiger partial charge in [-0.25, -0.2) is 14.3 Å². The second-order valence-electron chi connectivity index (χ2n) is 5.31. The highest BCUT2D eigenvalue weighted by atomic mass is 16.4. The molecular formula is C15H18N4O4. The first kappa shape index (κ1) is 16.5. The molecule has 2 rings (SSSR count). The zero-order valence-electron chi connectivity index (χ0n) is 13.1. The molecule has 1 atom stereocenters. The summed E-state index contributed by atoms with van der Waals surface area (Å²) in [7, 11) is 1.51. The van der Waals surface area contributed by atoms with Gasteiger partial charge in [0.05, 0.1) is 0 Å². The third-order valence-electron chi connectivity index (χ3n) is 3.69. The van der Waals surface area contributed by atoms with Gasteiger partial charge in [0.25, 0.3) is 0 Å². The van der Waals surface area contributed by atoms with Crippen LogP contribution in [0.4, 0.5) is 0 Å². The number of hydrogen-bond donors (Lipinski definition) is 2. The standard InChI is InChI=1S/C15H18N4O4/c1-9-5-4-6-11(10(9)2)13(14(21)22)17-12(20)7-19-15(23)18(3)8-16-19/h4-6,8,13H,7H2,1-3H3,(H,17,20)(H,21,22). The Morgan fingerprint density at radius 1 is 1.35 bits per heavy atom. The summed E-state index contributed by atoms with van der Waals surface area (Å²) in [5.41, 5.74) is 1.80. The molecule has 1 heterocycles. The minimum Gasteiger partial charge on any atom is -0.479 e. The SMILES string of the molecule is Cc1cccc(C(NC(=O)Cn2ncn(C)c2=O)C(=O)O)c1C. The zero-order chi connectivity index (χ0) is 17.1. The Bertz CT molecular complexity index is 806. The first-order valence-corrected chi connectivity index (χ1v) is 6.98. The molecule has 122 valence electrons. The van der Waals surface area contributed by atoms with E-state index < -0.39 is 23.6 Å². The van der Waals surface area contributed by atoms with E-state index in [0.29, 0.717) is 5.56 Å². The second-order valence-corrected chi connectivity index (χ2v) is 5.31. The molecule has 1 aromatic heterocycles. The van der Waals surface area contributed by atoms with Gasteiger partial charge in [-0.1, -0.05) is 18.2 Å². The molecule has 0 fully saturated rings. The third kappa shape index (κ3) is 3.47. The highest BCUT2D eigenvalue weighted by Gasteiger charge is 2.24. The van der Waals surface area contributed by atoms with Crippen molar-refractivity contribution in [2.75, 3.05) is 0 Å². The number of carboxylic acid groups (broad SMARTS) is 1. The summed E-state index contributed by atoms with van der Waals surface area (Å²) < 4.78 is 2.20.